The maximum Gasteiger partial charge on any atom is 0.270 e. The molecule has 0 saturated carbocycles. The summed E-state index contributed by atoms with van der Waals surface area (Å²) in [5.41, 5.74) is 7.73. The Hall–Kier alpha value is -3.95. The smallest absolute Gasteiger partial charge is 0.270 e. The summed E-state index contributed by atoms with van der Waals surface area (Å²) in [6.45, 7) is 3.03. The highest BCUT2D eigenvalue weighted by atomic mass is 32.1. The molecule has 1 aromatic heterocycles. The summed E-state index contributed by atoms with van der Waals surface area (Å²) >= 11 is 1.20. The van der Waals surface area contributed by atoms with Gasteiger partial charge >= 0.3 is 0 Å². The fraction of sp³-hybridized carbons (Fsp3) is 0.160. The van der Waals surface area contributed by atoms with Gasteiger partial charge in [-0.25, -0.2) is 4.98 Å². The Morgan fingerprint density at radius 3 is 2.47 bits per heavy atom. The monoisotopic (exact) mass is 475 g/mol. The Morgan fingerprint density at radius 1 is 1.06 bits per heavy atom. The van der Waals surface area contributed by atoms with E-state index in [2.05, 4.69) is 21.7 Å². The number of anilines is 4. The molecule has 0 aliphatic carbocycles. The lowest BCUT2D eigenvalue weighted by atomic mass is 10.1. The summed E-state index contributed by atoms with van der Waals surface area (Å²) < 4.78 is 0. The third-order valence-corrected chi connectivity index (χ3v) is 6.25. The van der Waals surface area contributed by atoms with Crippen molar-refractivity contribution in [3.63, 3.8) is 0 Å². The third kappa shape index (κ3) is 5.00. The van der Waals surface area contributed by atoms with Crippen LogP contribution in [0.15, 0.2) is 66.7 Å². The van der Waals surface area contributed by atoms with E-state index < -0.39 is 5.91 Å². The molecule has 174 valence electrons. The van der Waals surface area contributed by atoms with Gasteiger partial charge in [-0.15, -0.1) is 0 Å². The number of aliphatic hydroxyl groups is 1. The summed E-state index contributed by atoms with van der Waals surface area (Å²) in [6, 6.07) is 21.0. The normalized spacial score (nSPS) is 10.8. The standard InChI is InChI=1S/C25H25N5O3S/c1-2-30(20-12-9-16-5-3-4-6-18(16)15-20)25-28-21(22(26)32)24(34-25)29-23(33)17-7-10-19(11-8-17)27-13-14-31/h3-12,15,27,31H,2,13-14H2,1H3,(H2,26,32)(H,29,33). The molecule has 0 bridgehead atoms. The lowest BCUT2D eigenvalue weighted by Crippen LogP contribution is -2.18. The summed E-state index contributed by atoms with van der Waals surface area (Å²) in [5, 5.41) is 17.8. The van der Waals surface area contributed by atoms with Gasteiger partial charge in [0.05, 0.1) is 6.61 Å². The van der Waals surface area contributed by atoms with Gasteiger partial charge in [-0.2, -0.15) is 0 Å². The number of primary amides is 1. The van der Waals surface area contributed by atoms with Crippen molar-refractivity contribution in [2.75, 3.05) is 35.2 Å². The number of benzene rings is 3. The fourth-order valence-electron chi connectivity index (χ4n) is 3.56. The first-order valence-corrected chi connectivity index (χ1v) is 11.6. The Labute approximate surface area is 201 Å². The molecule has 4 rings (SSSR count). The molecular weight excluding hydrogens is 450 g/mol. The zero-order valence-corrected chi connectivity index (χ0v) is 19.4. The fourth-order valence-corrected chi connectivity index (χ4v) is 4.61. The molecule has 34 heavy (non-hydrogen) atoms. The van der Waals surface area contributed by atoms with E-state index in [0.29, 0.717) is 28.8 Å². The number of aromatic nitrogens is 1. The second-order valence-corrected chi connectivity index (χ2v) is 8.47. The van der Waals surface area contributed by atoms with Gasteiger partial charge in [0, 0.05) is 30.0 Å². The number of amides is 2. The second-order valence-electron chi connectivity index (χ2n) is 7.50. The van der Waals surface area contributed by atoms with E-state index in [1.807, 2.05) is 48.2 Å². The molecule has 0 spiro atoms. The van der Waals surface area contributed by atoms with Crippen LogP contribution in [0.5, 0.6) is 0 Å². The maximum atomic E-state index is 12.8. The predicted octanol–water partition coefficient (Wildman–Crippen LogP) is 4.21. The summed E-state index contributed by atoms with van der Waals surface area (Å²) in [4.78, 5) is 31.3. The molecule has 0 unspecified atom stereocenters. The van der Waals surface area contributed by atoms with Crippen LogP contribution < -0.4 is 21.3 Å². The van der Waals surface area contributed by atoms with Crippen LogP contribution in [0.4, 0.5) is 21.5 Å². The Balaban J connectivity index is 1.60. The van der Waals surface area contributed by atoms with Crippen molar-refractivity contribution in [3.8, 4) is 0 Å². The number of hydrogen-bond donors (Lipinski definition) is 4. The molecule has 3 aromatic carbocycles. The van der Waals surface area contributed by atoms with E-state index in [1.165, 1.54) is 11.3 Å². The van der Waals surface area contributed by atoms with E-state index in [0.717, 1.165) is 22.1 Å². The Bertz CT molecular complexity index is 1320. The quantitative estimate of drug-likeness (QED) is 0.288. The highest BCUT2D eigenvalue weighted by Gasteiger charge is 2.22. The van der Waals surface area contributed by atoms with Crippen LogP contribution in [-0.4, -0.2) is 41.6 Å². The number of hydrogen-bond acceptors (Lipinski definition) is 7. The Kier molecular flexibility index (Phi) is 7.05. The maximum absolute atomic E-state index is 12.8. The van der Waals surface area contributed by atoms with E-state index in [1.54, 1.807) is 24.3 Å². The summed E-state index contributed by atoms with van der Waals surface area (Å²) in [6.07, 6.45) is 0. The molecule has 4 aromatic rings. The van der Waals surface area contributed by atoms with E-state index in [-0.39, 0.29) is 18.2 Å². The number of rotatable bonds is 9. The highest BCUT2D eigenvalue weighted by Crippen LogP contribution is 2.36. The van der Waals surface area contributed by atoms with Gasteiger partial charge in [0.15, 0.2) is 10.8 Å². The topological polar surface area (TPSA) is 121 Å². The molecule has 0 atom stereocenters. The van der Waals surface area contributed by atoms with Crippen LogP contribution in [0.25, 0.3) is 10.8 Å². The zero-order chi connectivity index (χ0) is 24.1. The number of nitrogens with two attached hydrogens (primary N) is 1. The van der Waals surface area contributed by atoms with Crippen molar-refractivity contribution in [2.24, 2.45) is 5.73 Å². The van der Waals surface area contributed by atoms with Gasteiger partial charge < -0.3 is 26.4 Å². The molecule has 0 aliphatic rings. The van der Waals surface area contributed by atoms with Crippen LogP contribution in [0.3, 0.4) is 0 Å². The van der Waals surface area contributed by atoms with E-state index >= 15 is 0 Å². The van der Waals surface area contributed by atoms with Gasteiger partial charge in [0.2, 0.25) is 0 Å². The van der Waals surface area contributed by atoms with Crippen LogP contribution >= 0.6 is 11.3 Å². The molecule has 8 nitrogen and oxygen atoms in total. The summed E-state index contributed by atoms with van der Waals surface area (Å²) in [7, 11) is 0. The molecule has 9 heteroatoms. The number of nitrogens with one attached hydrogen (secondary N) is 2. The minimum atomic E-state index is -0.712. The van der Waals surface area contributed by atoms with Gasteiger partial charge in [-0.3, -0.25) is 9.59 Å². The number of fused-ring (bicyclic) bond motifs is 1. The van der Waals surface area contributed by atoms with Crippen molar-refractivity contribution in [1.82, 2.24) is 4.98 Å². The van der Waals surface area contributed by atoms with E-state index in [9.17, 15) is 9.59 Å². The van der Waals surface area contributed by atoms with Crippen molar-refractivity contribution in [3.05, 3.63) is 78.0 Å². The first kappa shape index (κ1) is 23.2. The molecule has 5 N–H and O–H groups in total. The average Bonchev–Trinajstić information content (AvgIpc) is 3.27. The third-order valence-electron chi connectivity index (χ3n) is 5.26. The molecule has 0 radical (unpaired) electrons. The van der Waals surface area contributed by atoms with Crippen molar-refractivity contribution in [1.29, 1.82) is 0 Å². The lowest BCUT2D eigenvalue weighted by molar-refractivity contribution is 0.0997. The van der Waals surface area contributed by atoms with Gasteiger partial charge in [0.25, 0.3) is 11.8 Å². The van der Waals surface area contributed by atoms with E-state index in [4.69, 9.17) is 10.8 Å². The number of aliphatic hydroxyl groups excluding tert-OH is 1. The largest absolute Gasteiger partial charge is 0.395 e. The first-order chi connectivity index (χ1) is 16.5. The number of carbonyl (C=O) groups is 2. The van der Waals surface area contributed by atoms with Crippen LogP contribution in [0, 0.1) is 0 Å². The SMILES string of the molecule is CCN(c1ccc2ccccc2c1)c1nc(C(N)=O)c(NC(=O)c2ccc(NCCO)cc2)s1. The molecule has 1 heterocycles. The number of nitrogens with zero attached hydrogens (tertiary/aromatic N) is 2. The van der Waals surface area contributed by atoms with Crippen molar-refractivity contribution >= 4 is 55.4 Å². The molecule has 0 aliphatic heterocycles. The predicted molar refractivity (Wildman–Crippen MR) is 137 cm³/mol. The van der Waals surface area contributed by atoms with Gasteiger partial charge in [0.1, 0.15) is 5.00 Å². The molecule has 0 fully saturated rings. The number of thiazole rings is 1. The van der Waals surface area contributed by atoms with Crippen LogP contribution in [0.2, 0.25) is 0 Å². The van der Waals surface area contributed by atoms with Gasteiger partial charge in [-0.1, -0.05) is 41.7 Å². The van der Waals surface area contributed by atoms with Crippen molar-refractivity contribution in [2.45, 2.75) is 6.92 Å². The Morgan fingerprint density at radius 2 is 1.79 bits per heavy atom. The minimum Gasteiger partial charge on any atom is -0.395 e. The molecular formula is C25H25N5O3S. The second kappa shape index (κ2) is 10.3. The van der Waals surface area contributed by atoms with Crippen LogP contribution in [-0.2, 0) is 0 Å². The minimum absolute atomic E-state index is 0.0137. The zero-order valence-electron chi connectivity index (χ0n) is 18.6. The number of carbonyl (C=O) groups excluding carboxylic acids is 2. The highest BCUT2D eigenvalue weighted by molar-refractivity contribution is 7.20. The summed E-state index contributed by atoms with van der Waals surface area (Å²) in [5.74, 6) is -1.09. The molecule has 0 saturated heterocycles. The van der Waals surface area contributed by atoms with Crippen LogP contribution in [0.1, 0.15) is 27.8 Å². The lowest BCUT2D eigenvalue weighted by Gasteiger charge is -2.20. The first-order valence-electron chi connectivity index (χ1n) is 10.8. The van der Waals surface area contributed by atoms with Crippen molar-refractivity contribution < 1.29 is 14.7 Å². The molecule has 2 amide bonds. The van der Waals surface area contributed by atoms with Gasteiger partial charge in [-0.05, 0) is 54.1 Å². The average molecular weight is 476 g/mol.